The number of ketones is 1. The standard InChI is InChI=1S/C15H19F2NO2/c1-10(19)11-5-7-18(8-6-11)9-14(20)15-12(16)3-2-4-13(15)17/h2-4,10-11,19H,5-9H2,1H3. The summed E-state index contributed by atoms with van der Waals surface area (Å²) < 4.78 is 27.0. The molecule has 1 aliphatic heterocycles. The predicted molar refractivity (Wildman–Crippen MR) is 71.5 cm³/mol. The number of hydrogen-bond donors (Lipinski definition) is 1. The average molecular weight is 283 g/mol. The van der Waals surface area contributed by atoms with Crippen molar-refractivity contribution < 1.29 is 18.7 Å². The Morgan fingerprint density at radius 2 is 1.90 bits per heavy atom. The maximum atomic E-state index is 13.5. The van der Waals surface area contributed by atoms with Crippen molar-refractivity contribution in [3.05, 3.63) is 35.4 Å². The highest BCUT2D eigenvalue weighted by Crippen LogP contribution is 2.21. The van der Waals surface area contributed by atoms with Gasteiger partial charge in [0.05, 0.1) is 18.2 Å². The van der Waals surface area contributed by atoms with Crippen LogP contribution in [0.25, 0.3) is 0 Å². The number of nitrogens with zero attached hydrogens (tertiary/aromatic N) is 1. The summed E-state index contributed by atoms with van der Waals surface area (Å²) in [7, 11) is 0. The largest absolute Gasteiger partial charge is 0.393 e. The highest BCUT2D eigenvalue weighted by molar-refractivity contribution is 5.98. The van der Waals surface area contributed by atoms with Crippen LogP contribution in [-0.2, 0) is 0 Å². The number of rotatable bonds is 4. The zero-order chi connectivity index (χ0) is 14.7. The van der Waals surface area contributed by atoms with Gasteiger partial charge in [0.25, 0.3) is 0 Å². The molecular weight excluding hydrogens is 264 g/mol. The minimum absolute atomic E-state index is 0.0182. The second-order valence-corrected chi connectivity index (χ2v) is 5.37. The van der Waals surface area contributed by atoms with Gasteiger partial charge in [-0.05, 0) is 50.9 Å². The lowest BCUT2D eigenvalue weighted by atomic mass is 9.92. The number of aliphatic hydroxyl groups excluding tert-OH is 1. The Kier molecular flexibility index (Phi) is 4.83. The van der Waals surface area contributed by atoms with Crippen LogP contribution in [0.2, 0.25) is 0 Å². The van der Waals surface area contributed by atoms with Crippen molar-refractivity contribution in [1.82, 2.24) is 4.90 Å². The minimum atomic E-state index is -0.811. The normalized spacial score (nSPS) is 19.0. The van der Waals surface area contributed by atoms with Crippen LogP contribution in [-0.4, -0.2) is 41.5 Å². The van der Waals surface area contributed by atoms with E-state index in [4.69, 9.17) is 0 Å². The summed E-state index contributed by atoms with van der Waals surface area (Å²) in [6.07, 6.45) is 1.24. The van der Waals surface area contributed by atoms with E-state index in [9.17, 15) is 18.7 Å². The number of Topliss-reactive ketones (excluding diaryl/α,β-unsaturated/α-hetero) is 1. The molecule has 1 unspecified atom stereocenters. The first kappa shape index (κ1) is 15.1. The Labute approximate surface area is 117 Å². The molecule has 0 amide bonds. The smallest absolute Gasteiger partial charge is 0.182 e. The molecule has 1 atom stereocenters. The maximum Gasteiger partial charge on any atom is 0.182 e. The quantitative estimate of drug-likeness (QED) is 0.862. The number of carbonyl (C=O) groups excluding carboxylic acids is 1. The number of aliphatic hydroxyl groups is 1. The van der Waals surface area contributed by atoms with Crippen molar-refractivity contribution in [1.29, 1.82) is 0 Å². The Hall–Kier alpha value is -1.33. The van der Waals surface area contributed by atoms with Crippen LogP contribution in [0.1, 0.15) is 30.1 Å². The van der Waals surface area contributed by atoms with Crippen LogP contribution in [0.4, 0.5) is 8.78 Å². The second-order valence-electron chi connectivity index (χ2n) is 5.37. The van der Waals surface area contributed by atoms with E-state index in [1.807, 2.05) is 4.90 Å². The van der Waals surface area contributed by atoms with E-state index in [1.54, 1.807) is 6.92 Å². The van der Waals surface area contributed by atoms with Gasteiger partial charge < -0.3 is 5.11 Å². The van der Waals surface area contributed by atoms with E-state index < -0.39 is 23.0 Å². The lowest BCUT2D eigenvalue weighted by Crippen LogP contribution is -2.40. The van der Waals surface area contributed by atoms with Crippen molar-refractivity contribution in [2.24, 2.45) is 5.92 Å². The number of hydrogen-bond acceptors (Lipinski definition) is 3. The van der Waals surface area contributed by atoms with Crippen LogP contribution in [0.5, 0.6) is 0 Å². The fourth-order valence-corrected chi connectivity index (χ4v) is 2.64. The van der Waals surface area contributed by atoms with Crippen LogP contribution < -0.4 is 0 Å². The topological polar surface area (TPSA) is 40.5 Å². The first-order chi connectivity index (χ1) is 9.49. The monoisotopic (exact) mass is 283 g/mol. The van der Waals surface area contributed by atoms with Crippen molar-refractivity contribution >= 4 is 5.78 Å². The van der Waals surface area contributed by atoms with E-state index >= 15 is 0 Å². The molecule has 1 saturated heterocycles. The summed E-state index contributed by atoms with van der Waals surface area (Å²) in [5.74, 6) is -1.91. The molecule has 5 heteroatoms. The van der Waals surface area contributed by atoms with Crippen LogP contribution in [0.3, 0.4) is 0 Å². The fourth-order valence-electron chi connectivity index (χ4n) is 2.64. The Morgan fingerprint density at radius 1 is 1.35 bits per heavy atom. The third kappa shape index (κ3) is 3.41. The molecule has 2 rings (SSSR count). The summed E-state index contributed by atoms with van der Waals surface area (Å²) in [5.41, 5.74) is -0.454. The zero-order valence-corrected chi connectivity index (χ0v) is 11.5. The number of likely N-dealkylation sites (tertiary alicyclic amines) is 1. The van der Waals surface area contributed by atoms with Gasteiger partial charge in [-0.15, -0.1) is 0 Å². The molecule has 110 valence electrons. The molecule has 0 aromatic heterocycles. The predicted octanol–water partition coefficient (Wildman–Crippen LogP) is 2.24. The van der Waals surface area contributed by atoms with Crippen molar-refractivity contribution in [2.75, 3.05) is 19.6 Å². The van der Waals surface area contributed by atoms with Gasteiger partial charge in [-0.25, -0.2) is 8.78 Å². The SMILES string of the molecule is CC(O)C1CCN(CC(=O)c2c(F)cccc2F)CC1. The molecule has 3 nitrogen and oxygen atoms in total. The van der Waals surface area contributed by atoms with Crippen molar-refractivity contribution in [3.63, 3.8) is 0 Å². The molecule has 1 aromatic rings. The third-order valence-electron chi connectivity index (χ3n) is 3.92. The number of carbonyl (C=O) groups is 1. The van der Waals surface area contributed by atoms with Gasteiger partial charge in [-0.1, -0.05) is 6.07 Å². The average Bonchev–Trinajstić information content (AvgIpc) is 2.39. The van der Waals surface area contributed by atoms with Gasteiger partial charge >= 0.3 is 0 Å². The minimum Gasteiger partial charge on any atom is -0.393 e. The van der Waals surface area contributed by atoms with Gasteiger partial charge in [0.1, 0.15) is 11.6 Å². The zero-order valence-electron chi connectivity index (χ0n) is 11.5. The third-order valence-corrected chi connectivity index (χ3v) is 3.92. The van der Waals surface area contributed by atoms with Crippen molar-refractivity contribution in [2.45, 2.75) is 25.9 Å². The first-order valence-corrected chi connectivity index (χ1v) is 6.86. The molecule has 0 aliphatic carbocycles. The molecule has 20 heavy (non-hydrogen) atoms. The Bertz CT molecular complexity index is 463. The summed E-state index contributed by atoms with van der Waals surface area (Å²) in [5, 5.41) is 9.51. The molecule has 1 aliphatic rings. The Morgan fingerprint density at radius 3 is 2.40 bits per heavy atom. The molecular formula is C15H19F2NO2. The highest BCUT2D eigenvalue weighted by atomic mass is 19.1. The number of benzene rings is 1. The molecule has 1 N–H and O–H groups in total. The van der Waals surface area contributed by atoms with Gasteiger partial charge in [0.15, 0.2) is 5.78 Å². The first-order valence-electron chi connectivity index (χ1n) is 6.86. The van der Waals surface area contributed by atoms with E-state index in [0.29, 0.717) is 13.1 Å². The van der Waals surface area contributed by atoms with E-state index in [1.165, 1.54) is 6.07 Å². The summed E-state index contributed by atoms with van der Waals surface area (Å²) in [6.45, 7) is 3.11. The van der Waals surface area contributed by atoms with Crippen LogP contribution >= 0.6 is 0 Å². The summed E-state index contributed by atoms with van der Waals surface area (Å²) in [6, 6.07) is 3.43. The maximum absolute atomic E-state index is 13.5. The van der Waals surface area contributed by atoms with Gasteiger partial charge in [-0.3, -0.25) is 9.69 Å². The summed E-state index contributed by atoms with van der Waals surface area (Å²) >= 11 is 0. The van der Waals surface area contributed by atoms with Crippen LogP contribution in [0, 0.1) is 17.6 Å². The lowest BCUT2D eigenvalue weighted by Gasteiger charge is -2.32. The molecule has 0 radical (unpaired) electrons. The second kappa shape index (κ2) is 6.41. The summed E-state index contributed by atoms with van der Waals surface area (Å²) in [4.78, 5) is 13.9. The number of halogens is 2. The van der Waals surface area contributed by atoms with Gasteiger partial charge in [-0.2, -0.15) is 0 Å². The van der Waals surface area contributed by atoms with E-state index in [0.717, 1.165) is 25.0 Å². The van der Waals surface area contributed by atoms with Crippen LogP contribution in [0.15, 0.2) is 18.2 Å². The van der Waals surface area contributed by atoms with Gasteiger partial charge in [0, 0.05) is 0 Å². The number of piperidine rings is 1. The van der Waals surface area contributed by atoms with Crippen molar-refractivity contribution in [3.8, 4) is 0 Å². The fraction of sp³-hybridized carbons (Fsp3) is 0.533. The van der Waals surface area contributed by atoms with Gasteiger partial charge in [0.2, 0.25) is 0 Å². The molecule has 1 fully saturated rings. The molecule has 0 saturated carbocycles. The van der Waals surface area contributed by atoms with E-state index in [2.05, 4.69) is 0 Å². The van der Waals surface area contributed by atoms with E-state index in [-0.39, 0.29) is 18.6 Å². The Balaban J connectivity index is 1.96. The highest BCUT2D eigenvalue weighted by Gasteiger charge is 2.25. The molecule has 0 spiro atoms. The lowest BCUT2D eigenvalue weighted by molar-refractivity contribution is 0.0661. The molecule has 1 aromatic carbocycles. The molecule has 0 bridgehead atoms. The molecule has 1 heterocycles.